The molecule has 84 valence electrons. The van der Waals surface area contributed by atoms with Gasteiger partial charge in [0.05, 0.1) is 11.3 Å². The Labute approximate surface area is 97.9 Å². The van der Waals surface area contributed by atoms with Gasteiger partial charge in [0.15, 0.2) is 0 Å². The van der Waals surface area contributed by atoms with Gasteiger partial charge < -0.3 is 5.32 Å². The molecule has 0 aromatic heterocycles. The number of hydrogen-bond donors (Lipinski definition) is 2. The van der Waals surface area contributed by atoms with E-state index in [1.807, 2.05) is 19.9 Å². The van der Waals surface area contributed by atoms with Gasteiger partial charge in [-0.15, -0.1) is 0 Å². The minimum atomic E-state index is -0.547. The number of carbonyl (C=O) groups excluding carboxylic acids is 2. The zero-order chi connectivity index (χ0) is 11.7. The quantitative estimate of drug-likeness (QED) is 0.621. The van der Waals surface area contributed by atoms with Crippen LogP contribution in [0.1, 0.15) is 24.2 Å². The smallest absolute Gasteiger partial charge is 0.296 e. The number of nitrogens with one attached hydrogen (secondary N) is 2. The van der Waals surface area contributed by atoms with Crippen LogP contribution >= 0.6 is 11.9 Å². The fourth-order valence-corrected chi connectivity index (χ4v) is 2.06. The molecule has 5 heteroatoms. The molecule has 0 atom stereocenters. The Morgan fingerprint density at radius 1 is 1.31 bits per heavy atom. The summed E-state index contributed by atoms with van der Waals surface area (Å²) in [5, 5.41) is 2.52. The number of carbonyl (C=O) groups is 2. The number of hydrogen-bond acceptors (Lipinski definition) is 4. The van der Waals surface area contributed by atoms with Crippen LogP contribution in [0.25, 0.3) is 0 Å². The molecular weight excluding hydrogens is 224 g/mol. The van der Waals surface area contributed by atoms with Gasteiger partial charge in [0.2, 0.25) is 0 Å². The third-order valence-electron chi connectivity index (χ3n) is 2.10. The highest BCUT2D eigenvalue weighted by Gasteiger charge is 2.27. The minimum absolute atomic E-state index is 0.355. The first-order valence-electron chi connectivity index (χ1n) is 5.00. The summed E-state index contributed by atoms with van der Waals surface area (Å²) in [7, 11) is 0. The third kappa shape index (κ3) is 2.10. The SMILES string of the molecule is CC(C)NSc1ccc2c(c1)C(=O)C(=O)N2. The zero-order valence-electron chi connectivity index (χ0n) is 9.03. The lowest BCUT2D eigenvalue weighted by atomic mass is 10.1. The van der Waals surface area contributed by atoms with Crippen LogP contribution < -0.4 is 10.0 Å². The molecule has 0 fully saturated rings. The monoisotopic (exact) mass is 236 g/mol. The molecule has 1 amide bonds. The van der Waals surface area contributed by atoms with Crippen LogP contribution in [0.15, 0.2) is 23.1 Å². The molecule has 0 saturated carbocycles. The number of benzene rings is 1. The molecule has 4 nitrogen and oxygen atoms in total. The average Bonchev–Trinajstić information content (AvgIpc) is 2.52. The maximum absolute atomic E-state index is 11.4. The Hall–Kier alpha value is -1.33. The Kier molecular flexibility index (Phi) is 2.98. The number of Topliss-reactive ketones (excluding diaryl/α,β-unsaturated/α-hetero) is 1. The summed E-state index contributed by atoms with van der Waals surface area (Å²) in [5.41, 5.74) is 1.06. The molecule has 0 radical (unpaired) electrons. The summed E-state index contributed by atoms with van der Waals surface area (Å²) in [6.45, 7) is 4.08. The summed E-state index contributed by atoms with van der Waals surface area (Å²) < 4.78 is 3.18. The van der Waals surface area contributed by atoms with E-state index in [9.17, 15) is 9.59 Å². The highest BCUT2D eigenvalue weighted by atomic mass is 32.2. The van der Waals surface area contributed by atoms with Crippen LogP contribution in [0.3, 0.4) is 0 Å². The van der Waals surface area contributed by atoms with Crippen LogP contribution in [-0.4, -0.2) is 17.7 Å². The van der Waals surface area contributed by atoms with Gasteiger partial charge in [-0.2, -0.15) is 0 Å². The Morgan fingerprint density at radius 2 is 2.06 bits per heavy atom. The van der Waals surface area contributed by atoms with E-state index in [1.54, 1.807) is 12.1 Å². The number of rotatable bonds is 3. The Morgan fingerprint density at radius 3 is 2.75 bits per heavy atom. The van der Waals surface area contributed by atoms with E-state index in [0.29, 0.717) is 17.3 Å². The summed E-state index contributed by atoms with van der Waals surface area (Å²) in [6, 6.07) is 5.71. The van der Waals surface area contributed by atoms with Crippen LogP contribution in [0, 0.1) is 0 Å². The predicted molar refractivity (Wildman–Crippen MR) is 63.5 cm³/mol. The normalized spacial score (nSPS) is 14.2. The maximum Gasteiger partial charge on any atom is 0.296 e. The van der Waals surface area contributed by atoms with Crippen molar-refractivity contribution in [2.45, 2.75) is 24.8 Å². The van der Waals surface area contributed by atoms with E-state index < -0.39 is 11.7 Å². The van der Waals surface area contributed by atoms with E-state index in [-0.39, 0.29) is 0 Å². The molecule has 1 aromatic carbocycles. The largest absolute Gasteiger partial charge is 0.318 e. The molecule has 2 rings (SSSR count). The second-order valence-electron chi connectivity index (χ2n) is 3.87. The zero-order valence-corrected chi connectivity index (χ0v) is 9.85. The topological polar surface area (TPSA) is 58.2 Å². The molecule has 0 spiro atoms. The highest BCUT2D eigenvalue weighted by molar-refractivity contribution is 7.97. The van der Waals surface area contributed by atoms with Gasteiger partial charge in [-0.3, -0.25) is 14.3 Å². The molecule has 1 heterocycles. The first kappa shape index (κ1) is 11.2. The second kappa shape index (κ2) is 4.27. The molecule has 0 bridgehead atoms. The van der Waals surface area contributed by atoms with Crippen LogP contribution in [0.5, 0.6) is 0 Å². The third-order valence-corrected chi connectivity index (χ3v) is 3.18. The molecule has 1 aromatic rings. The van der Waals surface area contributed by atoms with Gasteiger partial charge in [0.25, 0.3) is 11.7 Å². The van der Waals surface area contributed by atoms with Gasteiger partial charge in [-0.1, -0.05) is 0 Å². The van der Waals surface area contributed by atoms with Crippen molar-refractivity contribution in [1.82, 2.24) is 4.72 Å². The van der Waals surface area contributed by atoms with Crippen molar-refractivity contribution < 1.29 is 9.59 Å². The summed E-state index contributed by atoms with van der Waals surface area (Å²) in [4.78, 5) is 23.5. The average molecular weight is 236 g/mol. The van der Waals surface area contributed by atoms with Gasteiger partial charge in [0.1, 0.15) is 0 Å². The van der Waals surface area contributed by atoms with Crippen molar-refractivity contribution in [1.29, 1.82) is 0 Å². The van der Waals surface area contributed by atoms with E-state index in [2.05, 4.69) is 10.0 Å². The standard InChI is InChI=1S/C11H12N2O2S/c1-6(2)13-16-7-3-4-9-8(5-7)10(14)11(15)12-9/h3-6,13H,1-2H3,(H,12,14,15). The summed E-state index contributed by atoms with van der Waals surface area (Å²) in [5.74, 6) is -1.00. The second-order valence-corrected chi connectivity index (χ2v) is 4.78. The Bertz CT molecular complexity index is 457. The van der Waals surface area contributed by atoms with Gasteiger partial charge in [0, 0.05) is 10.9 Å². The predicted octanol–water partition coefficient (Wildman–Crippen LogP) is 1.83. The van der Waals surface area contributed by atoms with Gasteiger partial charge >= 0.3 is 0 Å². The summed E-state index contributed by atoms with van der Waals surface area (Å²) in [6.07, 6.45) is 0. The van der Waals surface area contributed by atoms with Gasteiger partial charge in [-0.25, -0.2) is 0 Å². The first-order chi connectivity index (χ1) is 7.58. The van der Waals surface area contributed by atoms with Gasteiger partial charge in [-0.05, 0) is 44.0 Å². The van der Waals surface area contributed by atoms with Crippen molar-refractivity contribution in [3.63, 3.8) is 0 Å². The molecular formula is C11H12N2O2S. The minimum Gasteiger partial charge on any atom is -0.318 e. The van der Waals surface area contributed by atoms with Crippen molar-refractivity contribution in [2.24, 2.45) is 0 Å². The number of anilines is 1. The van der Waals surface area contributed by atoms with Crippen molar-refractivity contribution in [2.75, 3.05) is 5.32 Å². The lowest BCUT2D eigenvalue weighted by Crippen LogP contribution is -2.13. The lowest BCUT2D eigenvalue weighted by Gasteiger charge is -2.07. The van der Waals surface area contributed by atoms with E-state index in [1.165, 1.54) is 11.9 Å². The summed E-state index contributed by atoms with van der Waals surface area (Å²) >= 11 is 1.46. The molecule has 16 heavy (non-hydrogen) atoms. The maximum atomic E-state index is 11.4. The lowest BCUT2D eigenvalue weighted by molar-refractivity contribution is -0.112. The van der Waals surface area contributed by atoms with Crippen molar-refractivity contribution in [3.8, 4) is 0 Å². The molecule has 0 saturated heterocycles. The van der Waals surface area contributed by atoms with E-state index in [4.69, 9.17) is 0 Å². The van der Waals surface area contributed by atoms with Crippen LogP contribution in [0.4, 0.5) is 5.69 Å². The molecule has 0 aliphatic carbocycles. The molecule has 0 unspecified atom stereocenters. The van der Waals surface area contributed by atoms with Crippen LogP contribution in [0.2, 0.25) is 0 Å². The first-order valence-corrected chi connectivity index (χ1v) is 5.81. The fourth-order valence-electron chi connectivity index (χ4n) is 1.37. The molecule has 1 aliphatic rings. The molecule has 1 aliphatic heterocycles. The Balaban J connectivity index is 2.20. The van der Waals surface area contributed by atoms with Crippen molar-refractivity contribution >= 4 is 29.3 Å². The van der Waals surface area contributed by atoms with Crippen LogP contribution in [-0.2, 0) is 4.79 Å². The highest BCUT2D eigenvalue weighted by Crippen LogP contribution is 2.27. The van der Waals surface area contributed by atoms with Crippen molar-refractivity contribution in [3.05, 3.63) is 23.8 Å². The number of amides is 1. The molecule has 2 N–H and O–H groups in total. The fraction of sp³-hybridized carbons (Fsp3) is 0.273. The van der Waals surface area contributed by atoms with E-state index >= 15 is 0 Å². The van der Waals surface area contributed by atoms with E-state index in [0.717, 1.165) is 4.90 Å². The number of ketones is 1. The number of fused-ring (bicyclic) bond motifs is 1.